The molecule has 0 radical (unpaired) electrons. The Bertz CT molecular complexity index is 659. The first-order valence-corrected chi connectivity index (χ1v) is 7.40. The number of amides is 1. The maximum absolute atomic E-state index is 12.2. The van der Waals surface area contributed by atoms with Crippen LogP contribution in [-0.4, -0.2) is 5.91 Å². The van der Waals surface area contributed by atoms with Crippen molar-refractivity contribution in [2.45, 2.75) is 20.8 Å². The van der Waals surface area contributed by atoms with Gasteiger partial charge in [-0.1, -0.05) is 27.5 Å². The Kier molecular flexibility index (Phi) is 4.51. The zero-order valence-electron chi connectivity index (χ0n) is 11.6. The van der Waals surface area contributed by atoms with E-state index < -0.39 is 0 Å². The number of nitrogens with one attached hydrogen (secondary N) is 1. The Morgan fingerprint density at radius 3 is 2.20 bits per heavy atom. The fraction of sp³-hybridized carbons (Fsp3) is 0.188. The number of carbonyl (C=O) groups is 1. The first-order valence-electron chi connectivity index (χ1n) is 6.22. The largest absolute Gasteiger partial charge is 0.322 e. The maximum atomic E-state index is 12.2. The summed E-state index contributed by atoms with van der Waals surface area (Å²) < 4.78 is 1.07. The molecule has 0 saturated carbocycles. The molecule has 1 amide bonds. The van der Waals surface area contributed by atoms with Gasteiger partial charge in [0.15, 0.2) is 0 Å². The molecule has 2 rings (SSSR count). The van der Waals surface area contributed by atoms with Gasteiger partial charge in [-0.2, -0.15) is 0 Å². The van der Waals surface area contributed by atoms with Crippen LogP contribution in [0.2, 0.25) is 5.02 Å². The van der Waals surface area contributed by atoms with Crippen molar-refractivity contribution in [3.63, 3.8) is 0 Å². The molecule has 0 aliphatic carbocycles. The van der Waals surface area contributed by atoms with Gasteiger partial charge in [-0.3, -0.25) is 4.79 Å². The van der Waals surface area contributed by atoms with E-state index in [1.807, 2.05) is 32.9 Å². The summed E-state index contributed by atoms with van der Waals surface area (Å²) >= 11 is 9.48. The van der Waals surface area contributed by atoms with Crippen molar-refractivity contribution >= 4 is 39.1 Å². The standard InChI is InChI=1S/C16H15BrClNO/c1-9-6-12(4-5-14(9)18)16(20)19-13-7-10(2)15(17)11(3)8-13/h4-8H,1-3H3,(H,19,20). The number of hydrogen-bond donors (Lipinski definition) is 1. The van der Waals surface area contributed by atoms with Gasteiger partial charge in [0.2, 0.25) is 0 Å². The highest BCUT2D eigenvalue weighted by atomic mass is 79.9. The quantitative estimate of drug-likeness (QED) is 0.782. The molecule has 20 heavy (non-hydrogen) atoms. The second-order valence-electron chi connectivity index (χ2n) is 4.84. The average Bonchev–Trinajstić information content (AvgIpc) is 2.39. The van der Waals surface area contributed by atoms with Gasteiger partial charge in [0.25, 0.3) is 5.91 Å². The molecule has 0 atom stereocenters. The number of aryl methyl sites for hydroxylation is 3. The lowest BCUT2D eigenvalue weighted by atomic mass is 10.1. The summed E-state index contributed by atoms with van der Waals surface area (Å²) in [5, 5.41) is 3.57. The number of rotatable bonds is 2. The Balaban J connectivity index is 2.25. The topological polar surface area (TPSA) is 29.1 Å². The normalized spacial score (nSPS) is 10.4. The highest BCUT2D eigenvalue weighted by Gasteiger charge is 2.09. The van der Waals surface area contributed by atoms with Crippen LogP contribution < -0.4 is 5.32 Å². The third kappa shape index (κ3) is 3.22. The Morgan fingerprint density at radius 1 is 1.05 bits per heavy atom. The van der Waals surface area contributed by atoms with Crippen LogP contribution in [-0.2, 0) is 0 Å². The van der Waals surface area contributed by atoms with Crippen LogP contribution in [0.4, 0.5) is 5.69 Å². The molecule has 0 fully saturated rings. The minimum absolute atomic E-state index is 0.133. The molecular formula is C16H15BrClNO. The molecule has 2 nitrogen and oxygen atoms in total. The van der Waals surface area contributed by atoms with E-state index in [0.717, 1.165) is 26.9 Å². The summed E-state index contributed by atoms with van der Waals surface area (Å²) in [6.45, 7) is 5.88. The van der Waals surface area contributed by atoms with Crippen LogP contribution in [0.1, 0.15) is 27.0 Å². The summed E-state index contributed by atoms with van der Waals surface area (Å²) in [4.78, 5) is 12.2. The summed E-state index contributed by atoms with van der Waals surface area (Å²) in [6, 6.07) is 9.14. The van der Waals surface area contributed by atoms with Crippen LogP contribution in [0.25, 0.3) is 0 Å². The molecule has 0 unspecified atom stereocenters. The number of hydrogen-bond acceptors (Lipinski definition) is 1. The van der Waals surface area contributed by atoms with Crippen molar-refractivity contribution in [2.24, 2.45) is 0 Å². The monoisotopic (exact) mass is 351 g/mol. The van der Waals surface area contributed by atoms with Crippen molar-refractivity contribution < 1.29 is 4.79 Å². The molecule has 0 aliphatic rings. The average molecular weight is 353 g/mol. The smallest absolute Gasteiger partial charge is 0.255 e. The highest BCUT2D eigenvalue weighted by molar-refractivity contribution is 9.10. The maximum Gasteiger partial charge on any atom is 0.255 e. The van der Waals surface area contributed by atoms with Gasteiger partial charge in [0, 0.05) is 20.7 Å². The van der Waals surface area contributed by atoms with Crippen molar-refractivity contribution in [2.75, 3.05) is 5.32 Å². The number of carbonyl (C=O) groups excluding carboxylic acids is 1. The van der Waals surface area contributed by atoms with Crippen molar-refractivity contribution in [1.82, 2.24) is 0 Å². The van der Waals surface area contributed by atoms with Gasteiger partial charge in [-0.25, -0.2) is 0 Å². The van der Waals surface area contributed by atoms with Gasteiger partial charge < -0.3 is 5.32 Å². The first-order chi connectivity index (χ1) is 9.38. The molecule has 0 saturated heterocycles. The molecule has 0 aromatic heterocycles. The fourth-order valence-electron chi connectivity index (χ4n) is 2.01. The third-order valence-corrected chi connectivity index (χ3v) is 4.79. The van der Waals surface area contributed by atoms with Crippen LogP contribution in [0.3, 0.4) is 0 Å². The van der Waals surface area contributed by atoms with Gasteiger partial charge in [-0.15, -0.1) is 0 Å². The molecule has 2 aromatic carbocycles. The predicted octanol–water partition coefficient (Wildman–Crippen LogP) is 5.28. The Hall–Kier alpha value is -1.32. The highest BCUT2D eigenvalue weighted by Crippen LogP contribution is 2.25. The van der Waals surface area contributed by atoms with E-state index in [1.165, 1.54) is 0 Å². The summed E-state index contributed by atoms with van der Waals surface area (Å²) in [5.74, 6) is -0.133. The summed E-state index contributed by atoms with van der Waals surface area (Å²) in [7, 11) is 0. The van der Waals surface area contributed by atoms with Crippen LogP contribution >= 0.6 is 27.5 Å². The predicted molar refractivity (Wildman–Crippen MR) is 87.8 cm³/mol. The third-order valence-electron chi connectivity index (χ3n) is 3.11. The number of halogens is 2. The van der Waals surface area contributed by atoms with E-state index >= 15 is 0 Å². The van der Waals surface area contributed by atoms with E-state index in [-0.39, 0.29) is 5.91 Å². The molecular weight excluding hydrogens is 338 g/mol. The molecule has 4 heteroatoms. The number of benzene rings is 2. The Morgan fingerprint density at radius 2 is 1.65 bits per heavy atom. The van der Waals surface area contributed by atoms with Crippen molar-refractivity contribution in [1.29, 1.82) is 0 Å². The Labute approximate surface area is 132 Å². The minimum Gasteiger partial charge on any atom is -0.322 e. The second kappa shape index (κ2) is 5.98. The lowest BCUT2D eigenvalue weighted by Gasteiger charge is -2.10. The molecule has 0 heterocycles. The van der Waals surface area contributed by atoms with Crippen LogP contribution in [0, 0.1) is 20.8 Å². The first kappa shape index (κ1) is 15.1. The molecule has 0 spiro atoms. The zero-order valence-corrected chi connectivity index (χ0v) is 13.9. The molecule has 2 aromatic rings. The van der Waals surface area contributed by atoms with Crippen LogP contribution in [0.5, 0.6) is 0 Å². The van der Waals surface area contributed by atoms with E-state index in [1.54, 1.807) is 18.2 Å². The van der Waals surface area contributed by atoms with E-state index in [0.29, 0.717) is 10.6 Å². The van der Waals surface area contributed by atoms with Crippen molar-refractivity contribution in [3.05, 3.63) is 62.1 Å². The van der Waals surface area contributed by atoms with E-state index in [2.05, 4.69) is 21.2 Å². The zero-order chi connectivity index (χ0) is 14.9. The summed E-state index contributed by atoms with van der Waals surface area (Å²) in [6.07, 6.45) is 0. The number of anilines is 1. The van der Waals surface area contributed by atoms with E-state index in [4.69, 9.17) is 11.6 Å². The fourth-order valence-corrected chi connectivity index (χ4v) is 2.35. The molecule has 104 valence electrons. The van der Waals surface area contributed by atoms with Gasteiger partial charge in [0.1, 0.15) is 0 Å². The van der Waals surface area contributed by atoms with Crippen LogP contribution in [0.15, 0.2) is 34.8 Å². The lowest BCUT2D eigenvalue weighted by molar-refractivity contribution is 0.102. The van der Waals surface area contributed by atoms with Gasteiger partial charge in [0.05, 0.1) is 0 Å². The van der Waals surface area contributed by atoms with Gasteiger partial charge >= 0.3 is 0 Å². The van der Waals surface area contributed by atoms with E-state index in [9.17, 15) is 4.79 Å². The minimum atomic E-state index is -0.133. The summed E-state index contributed by atoms with van der Waals surface area (Å²) in [5.41, 5.74) is 4.47. The molecule has 1 N–H and O–H groups in total. The lowest BCUT2D eigenvalue weighted by Crippen LogP contribution is -2.12. The van der Waals surface area contributed by atoms with Crippen molar-refractivity contribution in [3.8, 4) is 0 Å². The molecule has 0 bridgehead atoms. The SMILES string of the molecule is Cc1cc(C(=O)Nc2cc(C)c(Br)c(C)c2)ccc1Cl. The molecule has 0 aliphatic heterocycles. The van der Waals surface area contributed by atoms with Gasteiger partial charge in [-0.05, 0) is 67.8 Å². The second-order valence-corrected chi connectivity index (χ2v) is 6.04.